The minimum atomic E-state index is 0.0752. The fourth-order valence-electron chi connectivity index (χ4n) is 2.21. The highest BCUT2D eigenvalue weighted by Gasteiger charge is 2.29. The lowest BCUT2D eigenvalue weighted by Crippen LogP contribution is -2.38. The quantitative estimate of drug-likeness (QED) is 0.671. The number of nitrogens with two attached hydrogens (primary N) is 1. The molecule has 4 heteroatoms. The van der Waals surface area contributed by atoms with Gasteiger partial charge in [-0.05, 0) is 37.7 Å². The molecule has 2 unspecified atom stereocenters. The lowest BCUT2D eigenvalue weighted by atomic mass is 10.0. The summed E-state index contributed by atoms with van der Waals surface area (Å²) in [5.74, 6) is 1.47. The lowest BCUT2D eigenvalue weighted by Gasteiger charge is -2.14. The summed E-state index contributed by atoms with van der Waals surface area (Å²) < 4.78 is 0. The zero-order chi connectivity index (χ0) is 11.8. The van der Waals surface area contributed by atoms with Crippen LogP contribution in [0.1, 0.15) is 38.5 Å². The van der Waals surface area contributed by atoms with Crippen molar-refractivity contribution in [3.05, 3.63) is 0 Å². The zero-order valence-electron chi connectivity index (χ0n) is 10.2. The molecule has 1 rings (SSSR count). The van der Waals surface area contributed by atoms with Gasteiger partial charge in [-0.1, -0.05) is 12.8 Å². The Morgan fingerprint density at radius 1 is 1.38 bits per heavy atom. The van der Waals surface area contributed by atoms with Crippen molar-refractivity contribution in [3.63, 3.8) is 0 Å². The summed E-state index contributed by atoms with van der Waals surface area (Å²) >= 11 is 1.88. The van der Waals surface area contributed by atoms with Gasteiger partial charge in [0.1, 0.15) is 0 Å². The van der Waals surface area contributed by atoms with Crippen molar-refractivity contribution in [1.29, 1.82) is 0 Å². The van der Waals surface area contributed by atoms with Gasteiger partial charge < -0.3 is 11.1 Å². The highest BCUT2D eigenvalue weighted by molar-refractivity contribution is 7.98. The van der Waals surface area contributed by atoms with Crippen molar-refractivity contribution >= 4 is 17.7 Å². The maximum atomic E-state index is 11.7. The van der Waals surface area contributed by atoms with Gasteiger partial charge in [-0.2, -0.15) is 11.8 Å². The Kier molecular flexibility index (Phi) is 6.88. The molecule has 1 amide bonds. The van der Waals surface area contributed by atoms with Gasteiger partial charge in [-0.3, -0.25) is 4.79 Å². The molecule has 0 aromatic carbocycles. The van der Waals surface area contributed by atoms with Crippen LogP contribution in [0.25, 0.3) is 0 Å². The van der Waals surface area contributed by atoms with Crippen LogP contribution in [0, 0.1) is 5.92 Å². The van der Waals surface area contributed by atoms with Crippen molar-refractivity contribution in [2.24, 2.45) is 11.7 Å². The van der Waals surface area contributed by atoms with Crippen molar-refractivity contribution in [1.82, 2.24) is 5.32 Å². The summed E-state index contributed by atoms with van der Waals surface area (Å²) in [4.78, 5) is 11.7. The number of thioether (sulfide) groups is 1. The Morgan fingerprint density at radius 3 is 2.81 bits per heavy atom. The molecule has 0 aliphatic heterocycles. The molecular weight excluding hydrogens is 220 g/mol. The molecule has 94 valence electrons. The summed E-state index contributed by atoms with van der Waals surface area (Å²) in [7, 11) is 0. The highest BCUT2D eigenvalue weighted by Crippen LogP contribution is 2.23. The van der Waals surface area contributed by atoms with E-state index < -0.39 is 0 Å². The Labute approximate surface area is 103 Å². The summed E-state index contributed by atoms with van der Waals surface area (Å²) in [5, 5.41) is 3.01. The second kappa shape index (κ2) is 7.96. The van der Waals surface area contributed by atoms with Crippen molar-refractivity contribution in [2.45, 2.75) is 44.6 Å². The van der Waals surface area contributed by atoms with E-state index in [4.69, 9.17) is 5.73 Å². The maximum absolute atomic E-state index is 11.7. The van der Waals surface area contributed by atoms with Crippen LogP contribution < -0.4 is 11.1 Å². The number of nitrogens with one attached hydrogen (secondary N) is 1. The molecule has 1 aliphatic carbocycles. The summed E-state index contributed by atoms with van der Waals surface area (Å²) in [6, 6.07) is 0.0940. The molecule has 0 spiro atoms. The van der Waals surface area contributed by atoms with Gasteiger partial charge in [0.25, 0.3) is 0 Å². The molecule has 1 aliphatic rings. The molecule has 0 bridgehead atoms. The minimum absolute atomic E-state index is 0.0752. The standard InChI is InChI=1S/C12H24N2OS/c1-16-9-4-2-3-8-14-12(15)10-6-5-7-11(10)13/h10-11H,2-9,13H2,1H3,(H,14,15). The number of unbranched alkanes of at least 4 members (excludes halogenated alkanes) is 2. The molecule has 1 saturated carbocycles. The Balaban J connectivity index is 2.02. The predicted molar refractivity (Wildman–Crippen MR) is 70.6 cm³/mol. The predicted octanol–water partition coefficient (Wildman–Crippen LogP) is 1.76. The Hall–Kier alpha value is -0.220. The van der Waals surface area contributed by atoms with E-state index in [1.165, 1.54) is 18.6 Å². The minimum Gasteiger partial charge on any atom is -0.356 e. The average molecular weight is 244 g/mol. The third kappa shape index (κ3) is 4.74. The van der Waals surface area contributed by atoms with E-state index in [1.54, 1.807) is 0 Å². The number of carbonyl (C=O) groups is 1. The molecule has 0 aromatic rings. The van der Waals surface area contributed by atoms with E-state index in [0.717, 1.165) is 32.2 Å². The van der Waals surface area contributed by atoms with E-state index in [1.807, 2.05) is 11.8 Å². The van der Waals surface area contributed by atoms with E-state index in [-0.39, 0.29) is 17.9 Å². The molecule has 3 N–H and O–H groups in total. The summed E-state index contributed by atoms with van der Waals surface area (Å²) in [6.07, 6.45) is 8.76. The van der Waals surface area contributed by atoms with E-state index in [0.29, 0.717) is 0 Å². The van der Waals surface area contributed by atoms with Crippen LogP contribution in [0.3, 0.4) is 0 Å². The molecule has 0 heterocycles. The highest BCUT2D eigenvalue weighted by atomic mass is 32.2. The maximum Gasteiger partial charge on any atom is 0.224 e. The van der Waals surface area contributed by atoms with Gasteiger partial charge >= 0.3 is 0 Å². The van der Waals surface area contributed by atoms with Crippen LogP contribution >= 0.6 is 11.8 Å². The first kappa shape index (κ1) is 13.8. The van der Waals surface area contributed by atoms with Crippen molar-refractivity contribution in [2.75, 3.05) is 18.6 Å². The van der Waals surface area contributed by atoms with E-state index in [2.05, 4.69) is 11.6 Å². The van der Waals surface area contributed by atoms with Gasteiger partial charge in [0, 0.05) is 12.6 Å². The van der Waals surface area contributed by atoms with Crippen molar-refractivity contribution < 1.29 is 4.79 Å². The van der Waals surface area contributed by atoms with Gasteiger partial charge in [0.15, 0.2) is 0 Å². The molecule has 0 radical (unpaired) electrons. The second-order valence-electron chi connectivity index (χ2n) is 4.55. The topological polar surface area (TPSA) is 55.1 Å². The molecule has 0 saturated heterocycles. The average Bonchev–Trinajstić information content (AvgIpc) is 2.69. The van der Waals surface area contributed by atoms with Gasteiger partial charge in [-0.15, -0.1) is 0 Å². The summed E-state index contributed by atoms with van der Waals surface area (Å²) in [6.45, 7) is 0.816. The lowest BCUT2D eigenvalue weighted by molar-refractivity contribution is -0.125. The van der Waals surface area contributed by atoms with E-state index in [9.17, 15) is 4.79 Å². The van der Waals surface area contributed by atoms with Crippen LogP contribution in [0.4, 0.5) is 0 Å². The van der Waals surface area contributed by atoms with Crippen LogP contribution in [0.5, 0.6) is 0 Å². The Morgan fingerprint density at radius 2 is 2.19 bits per heavy atom. The first-order chi connectivity index (χ1) is 7.75. The first-order valence-electron chi connectivity index (χ1n) is 6.28. The SMILES string of the molecule is CSCCCCCNC(=O)C1CCCC1N. The smallest absolute Gasteiger partial charge is 0.224 e. The van der Waals surface area contributed by atoms with Crippen LogP contribution in [-0.4, -0.2) is 30.5 Å². The van der Waals surface area contributed by atoms with Crippen LogP contribution in [0.2, 0.25) is 0 Å². The summed E-state index contributed by atoms with van der Waals surface area (Å²) in [5.41, 5.74) is 5.89. The number of amides is 1. The number of rotatable bonds is 7. The van der Waals surface area contributed by atoms with Gasteiger partial charge in [0.05, 0.1) is 5.92 Å². The molecule has 0 aromatic heterocycles. The van der Waals surface area contributed by atoms with Crippen LogP contribution in [-0.2, 0) is 4.79 Å². The normalized spacial score (nSPS) is 24.6. The molecule has 1 fully saturated rings. The monoisotopic (exact) mass is 244 g/mol. The molecular formula is C12H24N2OS. The first-order valence-corrected chi connectivity index (χ1v) is 7.67. The van der Waals surface area contributed by atoms with Crippen LogP contribution in [0.15, 0.2) is 0 Å². The third-order valence-corrected chi connectivity index (χ3v) is 3.93. The van der Waals surface area contributed by atoms with Gasteiger partial charge in [-0.25, -0.2) is 0 Å². The Bertz CT molecular complexity index is 211. The van der Waals surface area contributed by atoms with E-state index >= 15 is 0 Å². The number of hydrogen-bond acceptors (Lipinski definition) is 3. The number of carbonyl (C=O) groups excluding carboxylic acids is 1. The molecule has 3 nitrogen and oxygen atoms in total. The zero-order valence-corrected chi connectivity index (χ0v) is 11.0. The second-order valence-corrected chi connectivity index (χ2v) is 5.53. The number of hydrogen-bond donors (Lipinski definition) is 2. The largest absolute Gasteiger partial charge is 0.356 e. The fraction of sp³-hybridized carbons (Fsp3) is 0.917. The third-order valence-electron chi connectivity index (χ3n) is 3.23. The molecule has 16 heavy (non-hydrogen) atoms. The fourth-order valence-corrected chi connectivity index (χ4v) is 2.70. The molecule has 2 atom stereocenters. The van der Waals surface area contributed by atoms with Crippen molar-refractivity contribution in [3.8, 4) is 0 Å². The van der Waals surface area contributed by atoms with Gasteiger partial charge in [0.2, 0.25) is 5.91 Å².